The average Bonchev–Trinajstić information content (AvgIpc) is 3.70. The molecule has 0 saturated carbocycles. The Hall–Kier alpha value is -4.00. The van der Waals surface area contributed by atoms with Gasteiger partial charge in [-0.15, -0.1) is 13.2 Å². The molecule has 256 valence electrons. The smallest absolute Gasteiger partial charge is 0.313 e. The Kier molecular flexibility index (Phi) is 11.1. The van der Waals surface area contributed by atoms with Crippen LogP contribution in [-0.4, -0.2) is 89.1 Å². The molecule has 2 aromatic carbocycles. The summed E-state index contributed by atoms with van der Waals surface area (Å²) in [5.41, 5.74) is -0.137. The number of alkyl halides is 1. The number of nitrogens with zero attached hydrogens (tertiary/aromatic N) is 2. The average molecular weight is 725 g/mol. The van der Waals surface area contributed by atoms with Crippen LogP contribution < -0.4 is 15.0 Å². The lowest BCUT2D eigenvalue weighted by atomic mass is 9.70. The zero-order valence-corrected chi connectivity index (χ0v) is 28.7. The zero-order chi connectivity index (χ0) is 34.6. The second-order valence-corrected chi connectivity index (χ2v) is 13.5. The molecule has 3 aliphatic rings. The Morgan fingerprint density at radius 2 is 1.88 bits per heavy atom. The number of halogens is 1. The molecule has 1 unspecified atom stereocenters. The van der Waals surface area contributed by atoms with Crippen LogP contribution >= 0.6 is 15.9 Å². The molecule has 0 aliphatic carbocycles. The molecule has 1 spiro atoms. The summed E-state index contributed by atoms with van der Waals surface area (Å²) in [6.07, 6.45) is 2.70. The van der Waals surface area contributed by atoms with Crippen LogP contribution in [0.4, 0.5) is 5.69 Å². The molecule has 0 aromatic heterocycles. The highest BCUT2D eigenvalue weighted by molar-refractivity contribution is 9.09. The van der Waals surface area contributed by atoms with Crippen molar-refractivity contribution in [3.8, 4) is 5.75 Å². The van der Waals surface area contributed by atoms with Crippen LogP contribution in [0.2, 0.25) is 0 Å². The highest BCUT2D eigenvalue weighted by Crippen LogP contribution is 2.61. The number of aliphatic hydroxyl groups excluding tert-OH is 1. The molecule has 0 radical (unpaired) electrons. The summed E-state index contributed by atoms with van der Waals surface area (Å²) in [5.74, 6) is -3.22. The molecule has 3 heterocycles. The van der Waals surface area contributed by atoms with Crippen molar-refractivity contribution >= 4 is 45.3 Å². The lowest BCUT2D eigenvalue weighted by molar-refractivity contribution is -0.160. The Morgan fingerprint density at radius 3 is 2.50 bits per heavy atom. The van der Waals surface area contributed by atoms with Crippen LogP contribution in [0.5, 0.6) is 5.75 Å². The van der Waals surface area contributed by atoms with E-state index in [1.54, 1.807) is 62.6 Å². The Labute approximate surface area is 289 Å². The van der Waals surface area contributed by atoms with E-state index in [1.807, 2.05) is 18.2 Å². The first-order valence-corrected chi connectivity index (χ1v) is 17.0. The zero-order valence-electron chi connectivity index (χ0n) is 27.1. The topological polar surface area (TPSA) is 135 Å². The number of anilines is 1. The molecule has 5 rings (SSSR count). The number of fused-ring (bicyclic) bond motifs is 1. The Balaban J connectivity index is 1.48. The summed E-state index contributed by atoms with van der Waals surface area (Å²) in [4.78, 5) is 58.3. The van der Waals surface area contributed by atoms with Gasteiger partial charge in [0.1, 0.15) is 23.5 Å². The molecular weight excluding hydrogens is 682 g/mol. The first-order valence-electron chi connectivity index (χ1n) is 16.1. The van der Waals surface area contributed by atoms with Crippen molar-refractivity contribution in [2.24, 2.45) is 11.8 Å². The van der Waals surface area contributed by atoms with Gasteiger partial charge in [-0.25, -0.2) is 0 Å². The first kappa shape index (κ1) is 35.3. The normalized spacial score (nSPS) is 26.7. The molecule has 12 heteroatoms. The van der Waals surface area contributed by atoms with Crippen molar-refractivity contribution in [1.29, 1.82) is 0 Å². The van der Waals surface area contributed by atoms with Crippen LogP contribution in [0.15, 0.2) is 79.9 Å². The van der Waals surface area contributed by atoms with E-state index in [4.69, 9.17) is 14.2 Å². The molecular formula is C36H42BrN3O8. The third kappa shape index (κ3) is 6.53. The van der Waals surface area contributed by atoms with Crippen LogP contribution in [0.1, 0.15) is 37.9 Å². The van der Waals surface area contributed by atoms with Gasteiger partial charge in [-0.2, -0.15) is 0 Å². The van der Waals surface area contributed by atoms with Gasteiger partial charge in [0.05, 0.1) is 44.2 Å². The van der Waals surface area contributed by atoms with E-state index >= 15 is 0 Å². The summed E-state index contributed by atoms with van der Waals surface area (Å²) in [5, 5.41) is 13.1. The predicted octanol–water partition coefficient (Wildman–Crippen LogP) is 3.71. The Bertz CT molecular complexity index is 1520. The van der Waals surface area contributed by atoms with Crippen molar-refractivity contribution in [2.45, 2.75) is 60.9 Å². The number of nitrogens with one attached hydrogen (secondary N) is 1. The molecule has 2 bridgehead atoms. The van der Waals surface area contributed by atoms with Gasteiger partial charge in [-0.05, 0) is 49.6 Å². The van der Waals surface area contributed by atoms with Crippen molar-refractivity contribution in [3.05, 3.63) is 85.5 Å². The van der Waals surface area contributed by atoms with Crippen LogP contribution in [-0.2, 0) is 28.7 Å². The summed E-state index contributed by atoms with van der Waals surface area (Å²) < 4.78 is 18.0. The van der Waals surface area contributed by atoms with E-state index in [0.717, 1.165) is 0 Å². The number of ether oxygens (including phenoxy) is 3. The molecule has 2 aromatic rings. The maximum atomic E-state index is 14.7. The lowest BCUT2D eigenvalue weighted by Crippen LogP contribution is -2.58. The van der Waals surface area contributed by atoms with E-state index in [9.17, 15) is 24.3 Å². The van der Waals surface area contributed by atoms with E-state index in [1.165, 1.54) is 9.80 Å². The van der Waals surface area contributed by atoms with E-state index in [2.05, 4.69) is 34.4 Å². The van der Waals surface area contributed by atoms with Gasteiger partial charge in [0.15, 0.2) is 0 Å². The van der Waals surface area contributed by atoms with E-state index < -0.39 is 66.1 Å². The highest BCUT2D eigenvalue weighted by Gasteiger charge is 2.77. The molecule has 3 amide bonds. The number of carbonyl (C=O) groups excluding carboxylic acids is 4. The molecule has 3 aliphatic heterocycles. The predicted molar refractivity (Wildman–Crippen MR) is 182 cm³/mol. The number of allylic oxidation sites excluding steroid dienone is 1. The second kappa shape index (κ2) is 15.0. The fourth-order valence-corrected chi connectivity index (χ4v) is 8.12. The van der Waals surface area contributed by atoms with Gasteiger partial charge >= 0.3 is 5.97 Å². The van der Waals surface area contributed by atoms with Gasteiger partial charge in [0.25, 0.3) is 5.91 Å². The summed E-state index contributed by atoms with van der Waals surface area (Å²) in [6, 6.07) is 14.1. The molecule has 8 atom stereocenters. The van der Waals surface area contributed by atoms with Crippen molar-refractivity contribution in [1.82, 2.24) is 10.2 Å². The van der Waals surface area contributed by atoms with E-state index in [0.29, 0.717) is 23.4 Å². The third-order valence-electron chi connectivity index (χ3n) is 9.42. The molecule has 2 N–H and O–H groups in total. The number of carbonyl (C=O) groups is 4. The number of benzene rings is 2. The molecule has 11 nitrogen and oxygen atoms in total. The molecule has 3 saturated heterocycles. The lowest BCUT2D eigenvalue weighted by Gasteiger charge is -2.38. The van der Waals surface area contributed by atoms with Gasteiger partial charge < -0.3 is 34.4 Å². The number of hydrogen-bond donors (Lipinski definition) is 2. The first-order chi connectivity index (χ1) is 23.1. The van der Waals surface area contributed by atoms with Crippen LogP contribution in [0.3, 0.4) is 0 Å². The van der Waals surface area contributed by atoms with E-state index in [-0.39, 0.29) is 36.7 Å². The number of rotatable bonds is 15. The van der Waals surface area contributed by atoms with Gasteiger partial charge in [0.2, 0.25) is 11.8 Å². The highest BCUT2D eigenvalue weighted by atomic mass is 79.9. The van der Waals surface area contributed by atoms with Crippen molar-refractivity contribution in [3.63, 3.8) is 0 Å². The third-order valence-corrected chi connectivity index (χ3v) is 10.3. The summed E-state index contributed by atoms with van der Waals surface area (Å²) in [7, 11) is 1.55. The fraction of sp³-hybridized carbons (Fsp3) is 0.444. The number of methoxy groups -OCH3 is 1. The number of aliphatic hydroxyl groups is 1. The number of hydrogen-bond acceptors (Lipinski definition) is 8. The minimum atomic E-state index is -1.37. The quantitative estimate of drug-likeness (QED) is 0.161. The monoisotopic (exact) mass is 723 g/mol. The number of esters is 1. The van der Waals surface area contributed by atoms with Gasteiger partial charge in [-0.1, -0.05) is 58.4 Å². The maximum absolute atomic E-state index is 14.7. The Morgan fingerprint density at radius 1 is 1.17 bits per heavy atom. The number of likely N-dealkylation sites (tertiary alicyclic amines) is 1. The standard InChI is InChI=1S/C36H42BrN3O8/c1-5-7-13-28(42)38-20-27(23-11-9-8-10-12-23)47-35(45)29-30-33(43)40(22(3)21-41)32(36(30)19-26(37)31(29)48-36)34(44)39(18-6-2)24-14-16-25(46-4)17-15-24/h5-6,8-12,14-17,22,26-27,29-32,41H,1-2,7,13,18-21H2,3-4H3,(H,38,42)/t22-,26?,27-,29-,30+,31-,32-,36+/m1/s1. The summed E-state index contributed by atoms with van der Waals surface area (Å²) >= 11 is 3.69. The van der Waals surface area contributed by atoms with Crippen molar-refractivity contribution in [2.75, 3.05) is 31.7 Å². The minimum Gasteiger partial charge on any atom is -0.497 e. The van der Waals surface area contributed by atoms with Gasteiger partial charge in [-0.3, -0.25) is 19.2 Å². The summed E-state index contributed by atoms with van der Waals surface area (Å²) in [6.45, 7) is 8.91. The SMILES string of the molecule is C=CCCC(=O)NC[C@@H](OC(=O)[C@H]1[C@@H]2O[C@@]3(CC2Br)[C@@H]1C(=O)N([C@H](C)CO)[C@@H]3C(=O)N(CC=C)c1ccc(OC)cc1)c1ccccc1. The number of amides is 3. The second-order valence-electron chi connectivity index (χ2n) is 12.3. The molecule has 3 fully saturated rings. The van der Waals surface area contributed by atoms with Crippen LogP contribution in [0, 0.1) is 11.8 Å². The van der Waals surface area contributed by atoms with Crippen molar-refractivity contribution < 1.29 is 38.5 Å². The van der Waals surface area contributed by atoms with Crippen LogP contribution in [0.25, 0.3) is 0 Å². The maximum Gasteiger partial charge on any atom is 0.313 e. The largest absolute Gasteiger partial charge is 0.497 e. The van der Waals surface area contributed by atoms with Gasteiger partial charge in [0, 0.05) is 23.5 Å². The molecule has 48 heavy (non-hydrogen) atoms. The minimum absolute atomic E-state index is 0.0264. The fourth-order valence-electron chi connectivity index (χ4n) is 7.18.